The Morgan fingerprint density at radius 1 is 0.350 bits per heavy atom. The highest BCUT2D eigenvalue weighted by atomic mass is 16.6. The van der Waals surface area contributed by atoms with E-state index < -0.39 is 6.10 Å². The Balaban J connectivity index is 4.28. The highest BCUT2D eigenvalue weighted by Crippen LogP contribution is 2.18. The van der Waals surface area contributed by atoms with Crippen LogP contribution in [0, 0.1) is 11.8 Å². The van der Waals surface area contributed by atoms with Crippen LogP contribution in [0.15, 0.2) is 0 Å². The average molecular weight is 849 g/mol. The van der Waals surface area contributed by atoms with Gasteiger partial charge in [0.2, 0.25) is 0 Å². The van der Waals surface area contributed by atoms with Crippen molar-refractivity contribution in [3.8, 4) is 0 Å². The predicted octanol–water partition coefficient (Wildman–Crippen LogP) is 17.3. The second-order valence-corrected chi connectivity index (χ2v) is 19.2. The molecule has 0 aliphatic carbocycles. The molecule has 0 spiro atoms. The number of hydrogen-bond acceptors (Lipinski definition) is 6. The Morgan fingerprint density at radius 3 is 0.950 bits per heavy atom. The summed E-state index contributed by atoms with van der Waals surface area (Å²) in [5.41, 5.74) is 0. The second-order valence-electron chi connectivity index (χ2n) is 19.2. The van der Waals surface area contributed by atoms with Crippen LogP contribution in [0.5, 0.6) is 0 Å². The number of rotatable bonds is 48. The van der Waals surface area contributed by atoms with Crippen LogP contribution < -0.4 is 0 Å². The van der Waals surface area contributed by atoms with E-state index in [2.05, 4.69) is 34.6 Å². The first-order chi connectivity index (χ1) is 29.3. The maximum absolute atomic E-state index is 12.8. The number of esters is 3. The number of hydrogen-bond donors (Lipinski definition) is 0. The van der Waals surface area contributed by atoms with Gasteiger partial charge in [-0.3, -0.25) is 14.4 Å². The molecule has 2 atom stereocenters. The van der Waals surface area contributed by atoms with E-state index >= 15 is 0 Å². The van der Waals surface area contributed by atoms with Crippen LogP contribution in [0.4, 0.5) is 0 Å². The van der Waals surface area contributed by atoms with E-state index in [1.165, 1.54) is 186 Å². The van der Waals surface area contributed by atoms with Crippen LogP contribution in [0.1, 0.15) is 298 Å². The first kappa shape index (κ1) is 58.4. The summed E-state index contributed by atoms with van der Waals surface area (Å²) in [7, 11) is 0. The molecule has 0 N–H and O–H groups in total. The molecule has 356 valence electrons. The molecule has 60 heavy (non-hydrogen) atoms. The van der Waals surface area contributed by atoms with Gasteiger partial charge in [0.25, 0.3) is 0 Å². The molecule has 0 aromatic rings. The quantitative estimate of drug-likeness (QED) is 0.0345. The zero-order valence-electron chi connectivity index (χ0n) is 41.1. The summed E-state index contributed by atoms with van der Waals surface area (Å²) in [6, 6.07) is 0. The minimum Gasteiger partial charge on any atom is -0.462 e. The molecule has 6 nitrogen and oxygen atoms in total. The standard InChI is InChI=1S/C54H104O6/c1-6-8-9-10-11-12-13-14-15-16-17-18-19-23-29-34-39-44-52(55)58-47-51(60-54(57)46-41-36-31-26-25-27-32-37-42-49(3)4)48-59-53(56)45-40-35-30-24-21-20-22-28-33-38-43-50(5)7-2/h49-51H,6-48H2,1-5H3/t50?,51-/m0/s1. The number of carbonyl (C=O) groups excluding carboxylic acids is 3. The zero-order valence-corrected chi connectivity index (χ0v) is 41.1. The summed E-state index contributed by atoms with van der Waals surface area (Å²) < 4.78 is 16.8. The zero-order chi connectivity index (χ0) is 44.0. The first-order valence-corrected chi connectivity index (χ1v) is 26.8. The molecule has 0 aromatic heterocycles. The van der Waals surface area contributed by atoms with Crippen molar-refractivity contribution in [3.05, 3.63) is 0 Å². The minimum absolute atomic E-state index is 0.0640. The second kappa shape index (κ2) is 46.9. The van der Waals surface area contributed by atoms with Crippen LogP contribution in [0.3, 0.4) is 0 Å². The van der Waals surface area contributed by atoms with E-state index in [0.717, 1.165) is 69.6 Å². The summed E-state index contributed by atoms with van der Waals surface area (Å²) >= 11 is 0. The highest BCUT2D eigenvalue weighted by Gasteiger charge is 2.19. The minimum atomic E-state index is -0.762. The molecule has 0 aromatic carbocycles. The van der Waals surface area contributed by atoms with Gasteiger partial charge in [-0.15, -0.1) is 0 Å². The SMILES string of the molecule is CCCCCCCCCCCCCCCCCCCC(=O)OC[C@@H](COC(=O)CCCCCCCCCCCCC(C)CC)OC(=O)CCCCCCCCCCC(C)C. The monoisotopic (exact) mass is 849 g/mol. The predicted molar refractivity (Wildman–Crippen MR) is 256 cm³/mol. The Labute approximate surface area is 374 Å². The lowest BCUT2D eigenvalue weighted by Crippen LogP contribution is -2.30. The maximum Gasteiger partial charge on any atom is 0.306 e. The normalized spacial score (nSPS) is 12.5. The van der Waals surface area contributed by atoms with Crippen molar-refractivity contribution in [1.82, 2.24) is 0 Å². The third-order valence-corrected chi connectivity index (χ3v) is 12.6. The summed E-state index contributed by atoms with van der Waals surface area (Å²) in [4.78, 5) is 38.0. The Morgan fingerprint density at radius 2 is 0.633 bits per heavy atom. The Hall–Kier alpha value is -1.59. The van der Waals surface area contributed by atoms with Crippen LogP contribution in [0.2, 0.25) is 0 Å². The molecular weight excluding hydrogens is 745 g/mol. The molecule has 0 radical (unpaired) electrons. The highest BCUT2D eigenvalue weighted by molar-refractivity contribution is 5.71. The van der Waals surface area contributed by atoms with Gasteiger partial charge in [0, 0.05) is 19.3 Å². The summed E-state index contributed by atoms with van der Waals surface area (Å²) in [6.07, 6.45) is 48.0. The number of carbonyl (C=O) groups is 3. The first-order valence-electron chi connectivity index (χ1n) is 26.8. The van der Waals surface area contributed by atoms with E-state index in [0.29, 0.717) is 19.3 Å². The Bertz CT molecular complexity index is 918. The lowest BCUT2D eigenvalue weighted by molar-refractivity contribution is -0.167. The van der Waals surface area contributed by atoms with Crippen molar-refractivity contribution in [2.45, 2.75) is 304 Å². The van der Waals surface area contributed by atoms with Gasteiger partial charge in [-0.05, 0) is 31.1 Å². The van der Waals surface area contributed by atoms with Crippen molar-refractivity contribution in [2.24, 2.45) is 11.8 Å². The lowest BCUT2D eigenvalue weighted by Gasteiger charge is -2.18. The number of unbranched alkanes of at least 4 members (excludes halogenated alkanes) is 32. The topological polar surface area (TPSA) is 78.9 Å². The molecule has 0 bridgehead atoms. The molecule has 0 saturated carbocycles. The summed E-state index contributed by atoms with van der Waals surface area (Å²) in [6.45, 7) is 11.4. The van der Waals surface area contributed by atoms with Crippen molar-refractivity contribution >= 4 is 17.9 Å². The molecule has 0 fully saturated rings. The molecule has 0 amide bonds. The van der Waals surface area contributed by atoms with Crippen LogP contribution >= 0.6 is 0 Å². The fraction of sp³-hybridized carbons (Fsp3) is 0.944. The van der Waals surface area contributed by atoms with Gasteiger partial charge in [-0.1, -0.05) is 259 Å². The van der Waals surface area contributed by atoms with Crippen molar-refractivity contribution in [3.63, 3.8) is 0 Å². The van der Waals surface area contributed by atoms with Gasteiger partial charge in [0.05, 0.1) is 0 Å². The van der Waals surface area contributed by atoms with Gasteiger partial charge in [0.1, 0.15) is 13.2 Å². The summed E-state index contributed by atoms with van der Waals surface area (Å²) in [5.74, 6) is 0.814. The third kappa shape index (κ3) is 45.9. The summed E-state index contributed by atoms with van der Waals surface area (Å²) in [5, 5.41) is 0. The van der Waals surface area contributed by atoms with Crippen molar-refractivity contribution < 1.29 is 28.6 Å². The molecule has 0 rings (SSSR count). The van der Waals surface area contributed by atoms with E-state index in [-0.39, 0.29) is 31.1 Å². The van der Waals surface area contributed by atoms with Gasteiger partial charge < -0.3 is 14.2 Å². The molecule has 0 aliphatic heterocycles. The third-order valence-electron chi connectivity index (χ3n) is 12.6. The molecular formula is C54H104O6. The van der Waals surface area contributed by atoms with Crippen molar-refractivity contribution in [1.29, 1.82) is 0 Å². The van der Waals surface area contributed by atoms with E-state index in [1.54, 1.807) is 0 Å². The van der Waals surface area contributed by atoms with Gasteiger partial charge >= 0.3 is 17.9 Å². The average Bonchev–Trinajstić information content (AvgIpc) is 3.23. The molecule has 0 heterocycles. The Kier molecular flexibility index (Phi) is 45.7. The smallest absolute Gasteiger partial charge is 0.306 e. The van der Waals surface area contributed by atoms with Gasteiger partial charge in [-0.2, -0.15) is 0 Å². The van der Waals surface area contributed by atoms with Crippen molar-refractivity contribution in [2.75, 3.05) is 13.2 Å². The molecule has 0 saturated heterocycles. The fourth-order valence-corrected chi connectivity index (χ4v) is 8.13. The molecule has 1 unspecified atom stereocenters. The van der Waals surface area contributed by atoms with Crippen LogP contribution in [0.25, 0.3) is 0 Å². The van der Waals surface area contributed by atoms with Crippen LogP contribution in [-0.4, -0.2) is 37.2 Å². The van der Waals surface area contributed by atoms with Gasteiger partial charge in [0.15, 0.2) is 6.10 Å². The fourth-order valence-electron chi connectivity index (χ4n) is 8.13. The number of ether oxygens (including phenoxy) is 3. The molecule has 0 aliphatic rings. The largest absolute Gasteiger partial charge is 0.462 e. The van der Waals surface area contributed by atoms with Crippen LogP contribution in [-0.2, 0) is 28.6 Å². The lowest BCUT2D eigenvalue weighted by atomic mass is 9.99. The van der Waals surface area contributed by atoms with Gasteiger partial charge in [-0.25, -0.2) is 0 Å². The van der Waals surface area contributed by atoms with E-state index in [1.807, 2.05) is 0 Å². The molecule has 6 heteroatoms. The van der Waals surface area contributed by atoms with E-state index in [4.69, 9.17) is 14.2 Å². The maximum atomic E-state index is 12.8. The van der Waals surface area contributed by atoms with E-state index in [9.17, 15) is 14.4 Å².